The maximum Gasteiger partial charge on any atom is 0.254 e. The van der Waals surface area contributed by atoms with Crippen molar-refractivity contribution in [3.05, 3.63) is 76.0 Å². The van der Waals surface area contributed by atoms with Crippen molar-refractivity contribution in [2.24, 2.45) is 5.73 Å². The normalized spacial score (nSPS) is 11.2. The average Bonchev–Trinajstić information content (AvgIpc) is 3.39. The van der Waals surface area contributed by atoms with Gasteiger partial charge in [0, 0.05) is 34.1 Å². The van der Waals surface area contributed by atoms with Crippen LogP contribution in [0.4, 0.5) is 5.82 Å². The molecule has 0 saturated heterocycles. The summed E-state index contributed by atoms with van der Waals surface area (Å²) in [5.41, 5.74) is 15.4. The Balaban J connectivity index is 1.45. The Hall–Kier alpha value is -3.72. The minimum atomic E-state index is -0.631. The number of primary amides is 1. The van der Waals surface area contributed by atoms with Gasteiger partial charge in [0.15, 0.2) is 0 Å². The second-order valence-electron chi connectivity index (χ2n) is 8.29. The summed E-state index contributed by atoms with van der Waals surface area (Å²) in [6.07, 6.45) is 0.381. The zero-order chi connectivity index (χ0) is 24.4. The molecule has 0 bridgehead atoms. The zero-order valence-corrected chi connectivity index (χ0v) is 20.4. The van der Waals surface area contributed by atoms with Gasteiger partial charge in [-0.05, 0) is 31.5 Å². The van der Waals surface area contributed by atoms with Crippen molar-refractivity contribution in [3.63, 3.8) is 0 Å². The van der Waals surface area contributed by atoms with Gasteiger partial charge in [0.25, 0.3) is 5.91 Å². The van der Waals surface area contributed by atoms with Gasteiger partial charge in [-0.2, -0.15) is 5.10 Å². The van der Waals surface area contributed by atoms with E-state index in [9.17, 15) is 9.59 Å². The maximum atomic E-state index is 12.6. The number of aromatic nitrogens is 3. The number of hydrogen-bond donors (Lipinski definition) is 2. The largest absolute Gasteiger partial charge is 0.383 e. The van der Waals surface area contributed by atoms with Crippen molar-refractivity contribution >= 4 is 33.4 Å². The minimum absolute atomic E-state index is 0.00240. The van der Waals surface area contributed by atoms with Crippen LogP contribution >= 0.6 is 15.9 Å². The molecule has 0 atom stereocenters. The molecule has 2 aromatic carbocycles. The summed E-state index contributed by atoms with van der Waals surface area (Å²) in [6, 6.07) is 16.7. The predicted molar refractivity (Wildman–Crippen MR) is 133 cm³/mol. The Morgan fingerprint density at radius 1 is 1.03 bits per heavy atom. The third-order valence-electron chi connectivity index (χ3n) is 5.38. The monoisotopic (exact) mass is 521 g/mol. The predicted octanol–water partition coefficient (Wildman–Crippen LogP) is 4.58. The molecule has 9 heteroatoms. The van der Waals surface area contributed by atoms with Gasteiger partial charge in [0.05, 0.1) is 6.42 Å². The summed E-state index contributed by atoms with van der Waals surface area (Å²) in [5.74, 6) is 0.122. The summed E-state index contributed by atoms with van der Waals surface area (Å²) in [6.45, 7) is 3.84. The molecule has 4 rings (SSSR count). The average molecular weight is 522 g/mol. The highest BCUT2D eigenvalue weighted by Gasteiger charge is 2.22. The van der Waals surface area contributed by atoms with E-state index in [1.54, 1.807) is 10.7 Å². The number of nitrogens with zero attached hydrogens (tertiary/aromatic N) is 3. The van der Waals surface area contributed by atoms with Crippen molar-refractivity contribution in [2.45, 2.75) is 32.7 Å². The lowest BCUT2D eigenvalue weighted by atomic mass is 10.0. The second kappa shape index (κ2) is 9.64. The summed E-state index contributed by atoms with van der Waals surface area (Å²) < 4.78 is 7.91. The van der Waals surface area contributed by atoms with Crippen LogP contribution < -0.4 is 11.5 Å². The fraction of sp³-hybridized carbons (Fsp3) is 0.200. The molecule has 0 aliphatic carbocycles. The van der Waals surface area contributed by atoms with Gasteiger partial charge in [-0.1, -0.05) is 57.5 Å². The van der Waals surface area contributed by atoms with E-state index in [0.717, 1.165) is 15.6 Å². The quantitative estimate of drug-likeness (QED) is 0.348. The molecular formula is C25H24BrN5O3. The third-order valence-corrected chi connectivity index (χ3v) is 5.91. The number of halogens is 1. The molecular weight excluding hydrogens is 498 g/mol. The third kappa shape index (κ3) is 4.94. The zero-order valence-electron chi connectivity index (χ0n) is 18.8. The molecule has 4 N–H and O–H groups in total. The van der Waals surface area contributed by atoms with Crippen LogP contribution in [0.3, 0.4) is 0 Å². The Morgan fingerprint density at radius 2 is 1.68 bits per heavy atom. The molecule has 0 radical (unpaired) electrons. The molecule has 0 unspecified atom stereocenters. The van der Waals surface area contributed by atoms with Crippen LogP contribution in [0.15, 0.2) is 63.6 Å². The number of amides is 1. The van der Waals surface area contributed by atoms with Crippen LogP contribution in [0.5, 0.6) is 0 Å². The molecule has 2 aromatic heterocycles. The lowest BCUT2D eigenvalue weighted by molar-refractivity contribution is -0.118. The first-order valence-electron chi connectivity index (χ1n) is 10.7. The van der Waals surface area contributed by atoms with Gasteiger partial charge < -0.3 is 16.0 Å². The molecule has 34 heavy (non-hydrogen) atoms. The Kier molecular flexibility index (Phi) is 6.65. The van der Waals surface area contributed by atoms with Gasteiger partial charge in [0.2, 0.25) is 0 Å². The number of ketones is 1. The molecule has 0 saturated carbocycles. The first-order chi connectivity index (χ1) is 16.2. The van der Waals surface area contributed by atoms with E-state index in [4.69, 9.17) is 16.0 Å². The SMILES string of the molecule is CC(C)n1nc(-c2ccc(CC(=O)Cc3cc(-c4ccc(Br)cc4)no3)cc2)c(C(N)=O)c1N. The Bertz CT molecular complexity index is 1340. The second-order valence-corrected chi connectivity index (χ2v) is 9.20. The van der Waals surface area contributed by atoms with Crippen molar-refractivity contribution in [1.29, 1.82) is 0 Å². The van der Waals surface area contributed by atoms with Crippen molar-refractivity contribution in [3.8, 4) is 22.5 Å². The van der Waals surface area contributed by atoms with Crippen LogP contribution in [-0.4, -0.2) is 26.6 Å². The van der Waals surface area contributed by atoms with Gasteiger partial charge in [-0.3, -0.25) is 9.59 Å². The lowest BCUT2D eigenvalue weighted by Gasteiger charge is -2.06. The van der Waals surface area contributed by atoms with Crippen LogP contribution in [0.25, 0.3) is 22.5 Å². The van der Waals surface area contributed by atoms with Crippen molar-refractivity contribution in [1.82, 2.24) is 14.9 Å². The lowest BCUT2D eigenvalue weighted by Crippen LogP contribution is -2.15. The summed E-state index contributed by atoms with van der Waals surface area (Å²) in [7, 11) is 0. The number of hydrogen-bond acceptors (Lipinski definition) is 6. The molecule has 0 aliphatic rings. The van der Waals surface area contributed by atoms with Crippen LogP contribution in [0.1, 0.15) is 41.6 Å². The van der Waals surface area contributed by atoms with E-state index in [-0.39, 0.29) is 36.0 Å². The van der Waals surface area contributed by atoms with E-state index < -0.39 is 5.91 Å². The summed E-state index contributed by atoms with van der Waals surface area (Å²) in [5, 5.41) is 8.55. The van der Waals surface area contributed by atoms with E-state index in [0.29, 0.717) is 22.7 Å². The van der Waals surface area contributed by atoms with E-state index >= 15 is 0 Å². The summed E-state index contributed by atoms with van der Waals surface area (Å²) >= 11 is 3.41. The Labute approximate surface area is 205 Å². The maximum absolute atomic E-state index is 12.6. The molecule has 4 aromatic rings. The van der Waals surface area contributed by atoms with E-state index in [1.807, 2.05) is 62.4 Å². The first kappa shape index (κ1) is 23.4. The number of rotatable bonds is 8. The standard InChI is InChI=1S/C25H24BrN5O3/c1-14(2)31-24(27)22(25(28)33)23(29-31)17-5-3-15(4-6-17)11-19(32)12-20-13-21(30-34-20)16-7-9-18(26)10-8-16/h3-10,13-14H,11-12,27H2,1-2H3,(H2,28,33). The molecule has 0 fully saturated rings. The molecule has 174 valence electrons. The highest BCUT2D eigenvalue weighted by atomic mass is 79.9. The van der Waals surface area contributed by atoms with Gasteiger partial charge in [-0.15, -0.1) is 0 Å². The van der Waals surface area contributed by atoms with E-state index in [1.165, 1.54) is 0 Å². The fourth-order valence-electron chi connectivity index (χ4n) is 3.70. The van der Waals surface area contributed by atoms with Crippen molar-refractivity contribution in [2.75, 3.05) is 5.73 Å². The minimum Gasteiger partial charge on any atom is -0.383 e. The number of nitrogen functional groups attached to an aromatic ring is 1. The topological polar surface area (TPSA) is 130 Å². The van der Waals surface area contributed by atoms with E-state index in [2.05, 4.69) is 26.2 Å². The number of carbonyl (C=O) groups excluding carboxylic acids is 2. The molecule has 1 amide bonds. The number of carbonyl (C=O) groups is 2. The van der Waals surface area contributed by atoms with Crippen LogP contribution in [0.2, 0.25) is 0 Å². The highest BCUT2D eigenvalue weighted by Crippen LogP contribution is 2.29. The number of nitrogens with two attached hydrogens (primary N) is 2. The summed E-state index contributed by atoms with van der Waals surface area (Å²) in [4.78, 5) is 24.6. The van der Waals surface area contributed by atoms with Crippen LogP contribution in [0, 0.1) is 0 Å². The first-order valence-corrected chi connectivity index (χ1v) is 11.5. The van der Waals surface area contributed by atoms with Gasteiger partial charge >= 0.3 is 0 Å². The molecule has 8 nitrogen and oxygen atoms in total. The Morgan fingerprint density at radius 3 is 2.29 bits per heavy atom. The van der Waals surface area contributed by atoms with Gasteiger partial charge in [-0.25, -0.2) is 4.68 Å². The number of anilines is 1. The van der Waals surface area contributed by atoms with Crippen LogP contribution in [-0.2, 0) is 17.6 Å². The van der Waals surface area contributed by atoms with Crippen molar-refractivity contribution < 1.29 is 14.1 Å². The number of Topliss-reactive ketones (excluding diaryl/α,β-unsaturated/α-hetero) is 1. The smallest absolute Gasteiger partial charge is 0.254 e. The molecule has 0 spiro atoms. The molecule has 0 aliphatic heterocycles. The fourth-order valence-corrected chi connectivity index (χ4v) is 3.97. The molecule has 2 heterocycles. The van der Waals surface area contributed by atoms with Gasteiger partial charge in [0.1, 0.15) is 34.3 Å². The highest BCUT2D eigenvalue weighted by molar-refractivity contribution is 9.10. The number of benzene rings is 2.